The number of nitrogens with one attached hydrogen (secondary N) is 1. The van der Waals surface area contributed by atoms with E-state index in [1.165, 1.54) is 22.3 Å². The lowest BCUT2D eigenvalue weighted by atomic mass is 9.99. The molecule has 2 aliphatic heterocycles. The van der Waals surface area contributed by atoms with Crippen molar-refractivity contribution in [1.82, 2.24) is 9.58 Å². The number of aromatic nitrogens is 1. The summed E-state index contributed by atoms with van der Waals surface area (Å²) in [5.74, 6) is 0.888. The van der Waals surface area contributed by atoms with Gasteiger partial charge in [0.15, 0.2) is 5.84 Å². The van der Waals surface area contributed by atoms with Crippen LogP contribution in [0, 0.1) is 12.3 Å². The molecule has 7 nitrogen and oxygen atoms in total. The van der Waals surface area contributed by atoms with E-state index in [2.05, 4.69) is 46.7 Å². The lowest BCUT2D eigenvalue weighted by Gasteiger charge is -2.20. The van der Waals surface area contributed by atoms with Gasteiger partial charge in [0.05, 0.1) is 17.1 Å². The quantitative estimate of drug-likeness (QED) is 0.210. The van der Waals surface area contributed by atoms with Crippen molar-refractivity contribution in [1.29, 1.82) is 5.41 Å². The summed E-state index contributed by atoms with van der Waals surface area (Å²) in [6.07, 6.45) is 2.87. The van der Waals surface area contributed by atoms with Crippen molar-refractivity contribution < 1.29 is 9.53 Å². The molecule has 0 saturated heterocycles. The highest BCUT2D eigenvalue weighted by Crippen LogP contribution is 2.34. The van der Waals surface area contributed by atoms with Gasteiger partial charge in [0.2, 0.25) is 5.17 Å². The Kier molecular flexibility index (Phi) is 7.75. The first-order valence-corrected chi connectivity index (χ1v) is 15.1. The average molecular weight is 596 g/mol. The Morgan fingerprint density at radius 2 is 1.81 bits per heavy atom. The number of nitrogens with zero attached hydrogens (tertiary/aromatic N) is 4. The van der Waals surface area contributed by atoms with Crippen molar-refractivity contribution in [2.45, 2.75) is 39.7 Å². The van der Waals surface area contributed by atoms with Crippen LogP contribution in [0.1, 0.15) is 48.6 Å². The number of hydrogen-bond donors (Lipinski definition) is 1. The van der Waals surface area contributed by atoms with Crippen LogP contribution < -0.4 is 4.74 Å². The van der Waals surface area contributed by atoms with Crippen LogP contribution in [0.4, 0.5) is 0 Å². The normalized spacial score (nSPS) is 16.6. The largest absolute Gasteiger partial charge is 0.492 e. The van der Waals surface area contributed by atoms with Crippen LogP contribution in [0.5, 0.6) is 5.75 Å². The SMILES string of the molecule is CCC(C)c1ccc(OCCn2c(C)c(/C=C3/C(=N)N4N=C(c5ccccc5Cl)SC4=NC3=O)c3ccccc32)cc1. The molecule has 0 saturated carbocycles. The third-order valence-corrected chi connectivity index (χ3v) is 9.04. The third kappa shape index (κ3) is 5.16. The van der Waals surface area contributed by atoms with Crippen LogP contribution in [-0.2, 0) is 11.3 Å². The molecule has 0 radical (unpaired) electrons. The van der Waals surface area contributed by atoms with E-state index in [9.17, 15) is 4.79 Å². The molecule has 212 valence electrons. The van der Waals surface area contributed by atoms with Gasteiger partial charge in [-0.25, -0.2) is 0 Å². The van der Waals surface area contributed by atoms with E-state index in [0.29, 0.717) is 34.3 Å². The monoisotopic (exact) mass is 595 g/mol. The summed E-state index contributed by atoms with van der Waals surface area (Å²) in [5.41, 5.74) is 5.12. The van der Waals surface area contributed by atoms with Crippen LogP contribution in [0.3, 0.4) is 0 Å². The first-order valence-electron chi connectivity index (χ1n) is 13.9. The molecule has 1 amide bonds. The van der Waals surface area contributed by atoms with E-state index in [1.54, 1.807) is 12.1 Å². The van der Waals surface area contributed by atoms with Gasteiger partial charge >= 0.3 is 0 Å². The number of hydrogen-bond acceptors (Lipinski definition) is 5. The molecule has 0 bridgehead atoms. The van der Waals surface area contributed by atoms with Gasteiger partial charge in [-0.15, -0.1) is 0 Å². The molecule has 1 unspecified atom stereocenters. The fourth-order valence-electron chi connectivity index (χ4n) is 5.19. The smallest absolute Gasteiger partial charge is 0.283 e. The molecule has 6 rings (SSSR count). The summed E-state index contributed by atoms with van der Waals surface area (Å²) in [5, 5.41) is 17.4. The molecule has 1 aromatic heterocycles. The Balaban J connectivity index is 1.27. The molecular formula is C33H30ClN5O2S. The topological polar surface area (TPSA) is 83.0 Å². The second-order valence-corrected chi connectivity index (χ2v) is 11.7. The first kappa shape index (κ1) is 28.0. The Morgan fingerprint density at radius 1 is 1.07 bits per heavy atom. The third-order valence-electron chi connectivity index (χ3n) is 7.77. The lowest BCUT2D eigenvalue weighted by molar-refractivity contribution is -0.114. The standard InChI is InChI=1S/C33H30ClN5O2S/c1-4-20(2)22-13-15-23(16-14-22)41-18-17-38-21(3)26(24-9-6-8-12-29(24)38)19-27-30(35)39-33(36-31(27)40)42-32(37-39)25-10-5-7-11-28(25)34/h5-16,19-20,35H,4,17-18H2,1-3H3/b27-19-,35-30?. The molecule has 0 spiro atoms. The van der Waals surface area contributed by atoms with Crippen LogP contribution in [-0.4, -0.2) is 38.1 Å². The highest BCUT2D eigenvalue weighted by molar-refractivity contribution is 8.27. The van der Waals surface area contributed by atoms with Gasteiger partial charge in [0.1, 0.15) is 17.4 Å². The van der Waals surface area contributed by atoms with Crippen molar-refractivity contribution in [2.75, 3.05) is 6.61 Å². The summed E-state index contributed by atoms with van der Waals surface area (Å²) in [7, 11) is 0. The number of hydrazone groups is 1. The first-order chi connectivity index (χ1) is 20.4. The van der Waals surface area contributed by atoms with Gasteiger partial charge < -0.3 is 9.30 Å². The maximum Gasteiger partial charge on any atom is 0.283 e. The molecule has 3 heterocycles. The number of halogens is 1. The van der Waals surface area contributed by atoms with E-state index in [1.807, 2.05) is 55.5 Å². The number of benzene rings is 3. The van der Waals surface area contributed by atoms with E-state index in [4.69, 9.17) is 21.7 Å². The Hall–Kier alpha value is -4.14. The van der Waals surface area contributed by atoms with E-state index >= 15 is 0 Å². The van der Waals surface area contributed by atoms with Crippen LogP contribution in [0.25, 0.3) is 17.0 Å². The molecule has 4 aromatic rings. The minimum absolute atomic E-state index is 0.0139. The zero-order valence-corrected chi connectivity index (χ0v) is 25.2. The summed E-state index contributed by atoms with van der Waals surface area (Å²) in [4.78, 5) is 17.5. The Labute approximate surface area is 254 Å². The number of carbonyl (C=O) groups is 1. The Bertz CT molecular complexity index is 1800. The van der Waals surface area contributed by atoms with Crippen molar-refractivity contribution in [3.63, 3.8) is 0 Å². The van der Waals surface area contributed by atoms with Crippen LogP contribution in [0.15, 0.2) is 88.5 Å². The minimum atomic E-state index is -0.463. The second kappa shape index (κ2) is 11.6. The predicted molar refractivity (Wildman–Crippen MR) is 173 cm³/mol. The van der Waals surface area contributed by atoms with E-state index in [0.717, 1.165) is 39.9 Å². The van der Waals surface area contributed by atoms with Crippen molar-refractivity contribution in [2.24, 2.45) is 10.1 Å². The van der Waals surface area contributed by atoms with Crippen LogP contribution in [0.2, 0.25) is 5.02 Å². The number of fused-ring (bicyclic) bond motifs is 2. The summed E-state index contributed by atoms with van der Waals surface area (Å²) >= 11 is 7.61. The summed E-state index contributed by atoms with van der Waals surface area (Å²) < 4.78 is 8.30. The average Bonchev–Trinajstić information content (AvgIpc) is 3.54. The van der Waals surface area contributed by atoms with Gasteiger partial charge in [-0.2, -0.15) is 15.1 Å². The second-order valence-electron chi connectivity index (χ2n) is 10.3. The molecule has 2 aliphatic rings. The molecule has 42 heavy (non-hydrogen) atoms. The highest BCUT2D eigenvalue weighted by atomic mass is 35.5. The maximum atomic E-state index is 13.2. The zero-order valence-electron chi connectivity index (χ0n) is 23.6. The number of amides is 1. The zero-order chi connectivity index (χ0) is 29.4. The van der Waals surface area contributed by atoms with E-state index < -0.39 is 5.91 Å². The molecule has 1 N–H and O–H groups in total. The van der Waals surface area contributed by atoms with Gasteiger partial charge in [0, 0.05) is 27.7 Å². The number of thioether (sulfide) groups is 1. The number of carbonyl (C=O) groups excluding carboxylic acids is 1. The van der Waals surface area contributed by atoms with Gasteiger partial charge in [-0.3, -0.25) is 10.2 Å². The molecular weight excluding hydrogens is 566 g/mol. The molecule has 0 fully saturated rings. The lowest BCUT2D eigenvalue weighted by Crippen LogP contribution is -2.35. The number of rotatable bonds is 8. The van der Waals surface area contributed by atoms with Crippen molar-refractivity contribution in [3.8, 4) is 5.75 Å². The van der Waals surface area contributed by atoms with E-state index in [-0.39, 0.29) is 11.4 Å². The van der Waals surface area contributed by atoms with Gasteiger partial charge in [0.25, 0.3) is 5.91 Å². The molecule has 9 heteroatoms. The van der Waals surface area contributed by atoms with Gasteiger partial charge in [-0.05, 0) is 66.9 Å². The maximum absolute atomic E-state index is 13.2. The summed E-state index contributed by atoms with van der Waals surface area (Å²) in [6.45, 7) is 7.57. The molecule has 0 aliphatic carbocycles. The highest BCUT2D eigenvalue weighted by Gasteiger charge is 2.36. The number of aliphatic imine (C=N–C) groups is 1. The van der Waals surface area contributed by atoms with Crippen molar-refractivity contribution in [3.05, 3.63) is 106 Å². The fraction of sp³-hybridized carbons (Fsp3) is 0.212. The predicted octanol–water partition coefficient (Wildman–Crippen LogP) is 7.86. The number of amidine groups is 2. The number of para-hydroxylation sites is 1. The van der Waals surface area contributed by atoms with Crippen LogP contribution >= 0.6 is 23.4 Å². The minimum Gasteiger partial charge on any atom is -0.492 e. The summed E-state index contributed by atoms with van der Waals surface area (Å²) in [6, 6.07) is 23.8. The number of ether oxygens (including phenoxy) is 1. The van der Waals surface area contributed by atoms with Crippen molar-refractivity contribution >= 4 is 62.3 Å². The van der Waals surface area contributed by atoms with Gasteiger partial charge in [-0.1, -0.05) is 74.0 Å². The molecule has 3 aromatic carbocycles. The molecule has 1 atom stereocenters. The fourth-order valence-corrected chi connectivity index (χ4v) is 6.40. The Morgan fingerprint density at radius 3 is 2.57 bits per heavy atom.